The van der Waals surface area contributed by atoms with E-state index in [0.29, 0.717) is 23.6 Å². The Morgan fingerprint density at radius 2 is 2.00 bits per heavy atom. The van der Waals surface area contributed by atoms with Gasteiger partial charge >= 0.3 is 0 Å². The molecule has 118 valence electrons. The van der Waals surface area contributed by atoms with Crippen molar-refractivity contribution in [1.29, 1.82) is 0 Å². The van der Waals surface area contributed by atoms with Crippen LogP contribution in [0.25, 0.3) is 0 Å². The van der Waals surface area contributed by atoms with Gasteiger partial charge < -0.3 is 14.8 Å². The Balaban J connectivity index is 3.43. The summed E-state index contributed by atoms with van der Waals surface area (Å²) in [5.74, 6) is 0.910. The monoisotopic (exact) mass is 314 g/mol. The molecule has 0 aliphatic carbocycles. The van der Waals surface area contributed by atoms with Crippen molar-refractivity contribution in [2.75, 3.05) is 34.9 Å². The highest BCUT2D eigenvalue weighted by atomic mass is 32.2. The number of methoxy groups -OCH3 is 2. The number of nitrogens with one attached hydrogen (secondary N) is 1. The largest absolute Gasteiger partial charge is 0.493 e. The molecule has 0 aromatic heterocycles. The first-order valence-corrected chi connectivity index (χ1v) is 7.83. The Hall–Kier alpha value is -1.57. The molecule has 0 unspecified atom stereocenters. The minimum Gasteiger partial charge on any atom is -0.493 e. The highest BCUT2D eigenvalue weighted by molar-refractivity contribution is 7.89. The van der Waals surface area contributed by atoms with Crippen LogP contribution in [0.5, 0.6) is 11.5 Å². The molecule has 1 rings (SSSR count). The van der Waals surface area contributed by atoms with Gasteiger partial charge in [-0.15, -0.1) is 6.58 Å². The summed E-state index contributed by atoms with van der Waals surface area (Å²) in [5, 5.41) is 2.98. The Labute approximate surface area is 126 Å². The fraction of sp³-hybridized carbons (Fsp3) is 0.429. The number of rotatable bonds is 8. The average molecular weight is 314 g/mol. The molecule has 0 radical (unpaired) electrons. The summed E-state index contributed by atoms with van der Waals surface area (Å²) in [6, 6.07) is 3.06. The van der Waals surface area contributed by atoms with Gasteiger partial charge in [0.2, 0.25) is 10.0 Å². The molecule has 1 aromatic carbocycles. The Morgan fingerprint density at radius 1 is 1.33 bits per heavy atom. The lowest BCUT2D eigenvalue weighted by atomic mass is 10.2. The van der Waals surface area contributed by atoms with Crippen LogP contribution in [0.1, 0.15) is 5.56 Å². The molecule has 6 nitrogen and oxygen atoms in total. The quantitative estimate of drug-likeness (QED) is 0.731. The number of hydrogen-bond donors (Lipinski definition) is 1. The Morgan fingerprint density at radius 3 is 2.48 bits per heavy atom. The molecule has 0 saturated heterocycles. The second-order valence-corrected chi connectivity index (χ2v) is 6.47. The molecule has 0 atom stereocenters. The third-order valence-electron chi connectivity index (χ3n) is 2.99. The summed E-state index contributed by atoms with van der Waals surface area (Å²) >= 11 is 0. The molecule has 21 heavy (non-hydrogen) atoms. The van der Waals surface area contributed by atoms with E-state index in [-0.39, 0.29) is 11.4 Å². The van der Waals surface area contributed by atoms with Crippen LogP contribution in [-0.2, 0) is 16.6 Å². The first-order valence-electron chi connectivity index (χ1n) is 6.39. The van der Waals surface area contributed by atoms with E-state index >= 15 is 0 Å². The molecule has 0 amide bonds. The van der Waals surface area contributed by atoms with E-state index in [1.165, 1.54) is 37.7 Å². The Bertz CT molecular complexity index is 599. The highest BCUT2D eigenvalue weighted by Gasteiger charge is 2.23. The van der Waals surface area contributed by atoms with Crippen molar-refractivity contribution in [2.45, 2.75) is 11.4 Å². The molecule has 0 heterocycles. The normalized spacial score (nSPS) is 11.5. The maximum atomic E-state index is 12.5. The zero-order valence-corrected chi connectivity index (χ0v) is 13.7. The third-order valence-corrected chi connectivity index (χ3v) is 4.79. The zero-order valence-electron chi connectivity index (χ0n) is 12.8. The molecule has 0 spiro atoms. The zero-order chi connectivity index (χ0) is 16.0. The standard InChI is InChI=1S/C14H22N2O4S/c1-6-7-16(3)21(17,18)12-8-11(10-15-2)14(20-5)13(9-12)19-4/h6,8-9,15H,1,7,10H2,2-5H3. The van der Waals surface area contributed by atoms with Gasteiger partial charge in [0.05, 0.1) is 19.1 Å². The van der Waals surface area contributed by atoms with Crippen molar-refractivity contribution in [3.8, 4) is 11.5 Å². The molecule has 0 saturated carbocycles. The maximum absolute atomic E-state index is 12.5. The SMILES string of the molecule is C=CCN(C)S(=O)(=O)c1cc(CNC)c(OC)c(OC)c1. The van der Waals surface area contributed by atoms with Gasteiger partial charge in [-0.1, -0.05) is 6.08 Å². The second-order valence-electron chi connectivity index (χ2n) is 4.42. The van der Waals surface area contributed by atoms with Crippen LogP contribution in [0.3, 0.4) is 0 Å². The van der Waals surface area contributed by atoms with E-state index in [1.54, 1.807) is 13.1 Å². The van der Waals surface area contributed by atoms with Gasteiger partial charge in [0.1, 0.15) is 0 Å². The third kappa shape index (κ3) is 3.75. The van der Waals surface area contributed by atoms with Crippen LogP contribution in [0.4, 0.5) is 0 Å². The number of likely N-dealkylation sites (N-methyl/N-ethyl adjacent to an activating group) is 1. The first kappa shape index (κ1) is 17.5. The minimum atomic E-state index is -3.60. The molecular weight excluding hydrogens is 292 g/mol. The van der Waals surface area contributed by atoms with Gasteiger partial charge in [-0.2, -0.15) is 4.31 Å². The second kappa shape index (κ2) is 7.44. The van der Waals surface area contributed by atoms with Gasteiger partial charge in [0.15, 0.2) is 11.5 Å². The van der Waals surface area contributed by atoms with E-state index in [2.05, 4.69) is 11.9 Å². The highest BCUT2D eigenvalue weighted by Crippen LogP contribution is 2.34. The summed E-state index contributed by atoms with van der Waals surface area (Å²) in [5.41, 5.74) is 0.713. The van der Waals surface area contributed by atoms with Gasteiger partial charge in [-0.05, 0) is 13.1 Å². The maximum Gasteiger partial charge on any atom is 0.243 e. The number of nitrogens with zero attached hydrogens (tertiary/aromatic N) is 1. The summed E-state index contributed by atoms with van der Waals surface area (Å²) in [4.78, 5) is 0.162. The molecule has 0 fully saturated rings. The summed E-state index contributed by atoms with van der Waals surface area (Å²) in [6.07, 6.45) is 1.53. The predicted octanol–water partition coefficient (Wildman–Crippen LogP) is 1.23. The van der Waals surface area contributed by atoms with E-state index in [0.717, 1.165) is 0 Å². The molecule has 0 aliphatic heterocycles. The van der Waals surface area contributed by atoms with Crippen molar-refractivity contribution in [3.05, 3.63) is 30.4 Å². The summed E-state index contributed by atoms with van der Waals surface area (Å²) in [6.45, 7) is 4.26. The van der Waals surface area contributed by atoms with Crippen LogP contribution in [0.2, 0.25) is 0 Å². The topological polar surface area (TPSA) is 67.9 Å². The van der Waals surface area contributed by atoms with Gasteiger partial charge in [-0.3, -0.25) is 0 Å². The van der Waals surface area contributed by atoms with E-state index < -0.39 is 10.0 Å². The van der Waals surface area contributed by atoms with Crippen LogP contribution in [0.15, 0.2) is 29.7 Å². The molecule has 7 heteroatoms. The lowest BCUT2D eigenvalue weighted by molar-refractivity contribution is 0.349. The lowest BCUT2D eigenvalue weighted by Gasteiger charge is -2.19. The molecule has 1 aromatic rings. The summed E-state index contributed by atoms with van der Waals surface area (Å²) in [7, 11) is 2.68. The average Bonchev–Trinajstić information content (AvgIpc) is 2.46. The van der Waals surface area contributed by atoms with Crippen LogP contribution >= 0.6 is 0 Å². The lowest BCUT2D eigenvalue weighted by Crippen LogP contribution is -2.27. The number of ether oxygens (including phenoxy) is 2. The van der Waals surface area contributed by atoms with Crippen molar-refractivity contribution < 1.29 is 17.9 Å². The van der Waals surface area contributed by atoms with Crippen molar-refractivity contribution in [2.24, 2.45) is 0 Å². The van der Waals surface area contributed by atoms with Crippen LogP contribution in [-0.4, -0.2) is 47.6 Å². The number of sulfonamides is 1. The molecule has 0 bridgehead atoms. The van der Waals surface area contributed by atoms with Crippen LogP contribution in [0, 0.1) is 0 Å². The van der Waals surface area contributed by atoms with Gasteiger partial charge in [0, 0.05) is 31.8 Å². The van der Waals surface area contributed by atoms with E-state index in [1.807, 2.05) is 0 Å². The number of hydrogen-bond acceptors (Lipinski definition) is 5. The van der Waals surface area contributed by atoms with Crippen molar-refractivity contribution in [3.63, 3.8) is 0 Å². The number of benzene rings is 1. The fourth-order valence-electron chi connectivity index (χ4n) is 1.95. The molecular formula is C14H22N2O4S. The van der Waals surface area contributed by atoms with Crippen molar-refractivity contribution in [1.82, 2.24) is 9.62 Å². The molecule has 0 aliphatic rings. The van der Waals surface area contributed by atoms with E-state index in [9.17, 15) is 8.42 Å². The van der Waals surface area contributed by atoms with Crippen molar-refractivity contribution >= 4 is 10.0 Å². The van der Waals surface area contributed by atoms with E-state index in [4.69, 9.17) is 9.47 Å². The molecule has 1 N–H and O–H groups in total. The van der Waals surface area contributed by atoms with Crippen LogP contribution < -0.4 is 14.8 Å². The van der Waals surface area contributed by atoms with Gasteiger partial charge in [0.25, 0.3) is 0 Å². The van der Waals surface area contributed by atoms with Gasteiger partial charge in [-0.25, -0.2) is 8.42 Å². The minimum absolute atomic E-state index is 0.162. The fourth-order valence-corrected chi connectivity index (χ4v) is 3.15. The predicted molar refractivity (Wildman–Crippen MR) is 82.3 cm³/mol. The Kier molecular flexibility index (Phi) is 6.19. The first-order chi connectivity index (χ1) is 9.92. The summed E-state index contributed by atoms with van der Waals surface area (Å²) < 4.78 is 36.8. The smallest absolute Gasteiger partial charge is 0.243 e.